The van der Waals surface area contributed by atoms with E-state index in [2.05, 4.69) is 0 Å². The summed E-state index contributed by atoms with van der Waals surface area (Å²) in [6, 6.07) is 8.74. The van der Waals surface area contributed by atoms with Crippen LogP contribution in [-0.4, -0.2) is 47.7 Å². The van der Waals surface area contributed by atoms with Crippen LogP contribution in [0.1, 0.15) is 22.7 Å². The molecule has 1 aliphatic heterocycles. The number of fused-ring (bicyclic) bond motifs is 1. The number of aliphatic hydroxyl groups excluding tert-OH is 1. The summed E-state index contributed by atoms with van der Waals surface area (Å²) in [6.45, 7) is 0.656. The average Bonchev–Trinajstić information content (AvgIpc) is 2.63. The van der Waals surface area contributed by atoms with Gasteiger partial charge in [-0.3, -0.25) is 4.90 Å². The Kier molecular flexibility index (Phi) is 5.01. The zero-order valence-electron chi connectivity index (χ0n) is 14.4. The second-order valence-corrected chi connectivity index (χ2v) is 6.15. The molecule has 134 valence electrons. The van der Waals surface area contributed by atoms with Gasteiger partial charge in [0.15, 0.2) is 23.0 Å². The Hall–Kier alpha value is -2.44. The summed E-state index contributed by atoms with van der Waals surface area (Å²) in [4.78, 5) is 1.97. The number of ether oxygens (including phenoxy) is 2. The van der Waals surface area contributed by atoms with E-state index in [9.17, 15) is 15.3 Å². The number of hydrogen-bond acceptors (Lipinski definition) is 6. The van der Waals surface area contributed by atoms with Gasteiger partial charge in [-0.05, 0) is 53.8 Å². The first kappa shape index (κ1) is 17.4. The Labute approximate surface area is 146 Å². The molecular weight excluding hydrogens is 322 g/mol. The van der Waals surface area contributed by atoms with Crippen LogP contribution >= 0.6 is 0 Å². The van der Waals surface area contributed by atoms with E-state index >= 15 is 0 Å². The van der Waals surface area contributed by atoms with Gasteiger partial charge < -0.3 is 24.8 Å². The third kappa shape index (κ3) is 3.36. The first-order chi connectivity index (χ1) is 12.1. The fourth-order valence-corrected chi connectivity index (χ4v) is 3.41. The lowest BCUT2D eigenvalue weighted by atomic mass is 9.88. The summed E-state index contributed by atoms with van der Waals surface area (Å²) in [5, 5.41) is 29.7. The molecule has 0 fully saturated rings. The quantitative estimate of drug-likeness (QED) is 0.771. The SMILES string of the molecule is COc1cc(CC2c3cc(O)c(OC)cc3CCN2CO)ccc1O. The predicted molar refractivity (Wildman–Crippen MR) is 93.3 cm³/mol. The molecule has 0 saturated heterocycles. The molecule has 25 heavy (non-hydrogen) atoms. The second kappa shape index (κ2) is 7.21. The Morgan fingerprint density at radius 3 is 2.44 bits per heavy atom. The lowest BCUT2D eigenvalue weighted by molar-refractivity contribution is 0.0605. The summed E-state index contributed by atoms with van der Waals surface area (Å²) in [6.07, 6.45) is 1.40. The normalized spacial score (nSPS) is 17.2. The minimum atomic E-state index is -0.0835. The molecule has 2 aromatic carbocycles. The maximum absolute atomic E-state index is 10.2. The maximum Gasteiger partial charge on any atom is 0.160 e. The fraction of sp³-hybridized carbons (Fsp3) is 0.368. The Morgan fingerprint density at radius 2 is 1.76 bits per heavy atom. The maximum atomic E-state index is 10.2. The summed E-state index contributed by atoms with van der Waals surface area (Å²) in [5.74, 6) is 1.06. The van der Waals surface area contributed by atoms with Crippen LogP contribution in [0, 0.1) is 0 Å². The van der Waals surface area contributed by atoms with Crippen molar-refractivity contribution >= 4 is 0 Å². The summed E-state index contributed by atoms with van der Waals surface area (Å²) < 4.78 is 10.4. The van der Waals surface area contributed by atoms with Gasteiger partial charge in [0.2, 0.25) is 0 Å². The molecule has 1 heterocycles. The van der Waals surface area contributed by atoms with Crippen LogP contribution in [0.25, 0.3) is 0 Å². The molecule has 1 aliphatic rings. The van der Waals surface area contributed by atoms with Crippen molar-refractivity contribution in [1.82, 2.24) is 4.90 Å². The van der Waals surface area contributed by atoms with Crippen molar-refractivity contribution in [1.29, 1.82) is 0 Å². The van der Waals surface area contributed by atoms with E-state index in [0.717, 1.165) is 29.7 Å². The van der Waals surface area contributed by atoms with E-state index in [1.807, 2.05) is 17.0 Å². The van der Waals surface area contributed by atoms with Crippen LogP contribution in [0.4, 0.5) is 0 Å². The number of phenolic OH excluding ortho intramolecular Hbond substituents is 2. The van der Waals surface area contributed by atoms with Crippen molar-refractivity contribution in [2.75, 3.05) is 27.5 Å². The molecule has 6 heteroatoms. The van der Waals surface area contributed by atoms with E-state index in [4.69, 9.17) is 9.47 Å². The number of hydrogen-bond donors (Lipinski definition) is 3. The van der Waals surface area contributed by atoms with Crippen molar-refractivity contribution in [3.8, 4) is 23.0 Å². The molecule has 0 aromatic heterocycles. The first-order valence-electron chi connectivity index (χ1n) is 8.18. The van der Waals surface area contributed by atoms with Crippen LogP contribution in [0.3, 0.4) is 0 Å². The van der Waals surface area contributed by atoms with E-state index < -0.39 is 0 Å². The molecule has 0 radical (unpaired) electrons. The molecule has 1 unspecified atom stereocenters. The average molecular weight is 345 g/mol. The largest absolute Gasteiger partial charge is 0.504 e. The van der Waals surface area contributed by atoms with E-state index in [1.54, 1.807) is 18.2 Å². The van der Waals surface area contributed by atoms with Crippen LogP contribution in [0.5, 0.6) is 23.0 Å². The van der Waals surface area contributed by atoms with E-state index in [-0.39, 0.29) is 24.3 Å². The summed E-state index contributed by atoms with van der Waals surface area (Å²) >= 11 is 0. The molecule has 0 bridgehead atoms. The minimum absolute atomic E-state index is 0.0634. The highest BCUT2D eigenvalue weighted by Gasteiger charge is 2.28. The molecule has 0 spiro atoms. The van der Waals surface area contributed by atoms with Crippen molar-refractivity contribution < 1.29 is 24.8 Å². The molecule has 1 atom stereocenters. The number of phenols is 2. The third-order valence-electron chi connectivity index (χ3n) is 4.76. The number of aliphatic hydroxyl groups is 1. The van der Waals surface area contributed by atoms with Crippen molar-refractivity contribution in [2.24, 2.45) is 0 Å². The second-order valence-electron chi connectivity index (χ2n) is 6.15. The summed E-state index contributed by atoms with van der Waals surface area (Å²) in [7, 11) is 3.05. The number of methoxy groups -OCH3 is 2. The molecule has 0 aliphatic carbocycles. The lowest BCUT2D eigenvalue weighted by Crippen LogP contribution is -2.37. The highest BCUT2D eigenvalue weighted by atomic mass is 16.5. The zero-order valence-corrected chi connectivity index (χ0v) is 14.4. The topological polar surface area (TPSA) is 82.4 Å². The Bertz CT molecular complexity index is 762. The van der Waals surface area contributed by atoms with Gasteiger partial charge in [0.1, 0.15) is 0 Å². The van der Waals surface area contributed by atoms with Crippen molar-refractivity contribution in [2.45, 2.75) is 18.9 Å². The van der Waals surface area contributed by atoms with Gasteiger partial charge in [-0.25, -0.2) is 0 Å². The Balaban J connectivity index is 1.98. The zero-order chi connectivity index (χ0) is 18.0. The molecular formula is C19H23NO5. The first-order valence-corrected chi connectivity index (χ1v) is 8.18. The van der Waals surface area contributed by atoms with Gasteiger partial charge in [0.25, 0.3) is 0 Å². The molecule has 6 nitrogen and oxygen atoms in total. The van der Waals surface area contributed by atoms with Crippen LogP contribution in [0.2, 0.25) is 0 Å². The number of rotatable bonds is 5. The van der Waals surface area contributed by atoms with E-state index in [0.29, 0.717) is 17.9 Å². The van der Waals surface area contributed by atoms with Crippen molar-refractivity contribution in [3.63, 3.8) is 0 Å². The highest BCUT2D eigenvalue weighted by molar-refractivity contribution is 5.49. The number of nitrogens with zero attached hydrogens (tertiary/aromatic N) is 1. The lowest BCUT2D eigenvalue weighted by Gasteiger charge is -2.36. The van der Waals surface area contributed by atoms with Gasteiger partial charge in [-0.1, -0.05) is 6.07 Å². The van der Waals surface area contributed by atoms with Gasteiger partial charge in [0, 0.05) is 12.6 Å². The highest BCUT2D eigenvalue weighted by Crippen LogP contribution is 2.39. The van der Waals surface area contributed by atoms with E-state index in [1.165, 1.54) is 14.2 Å². The molecule has 3 N–H and O–H groups in total. The Morgan fingerprint density at radius 1 is 1.04 bits per heavy atom. The third-order valence-corrected chi connectivity index (χ3v) is 4.76. The predicted octanol–water partition coefficient (Wildman–Crippen LogP) is 2.21. The summed E-state index contributed by atoms with van der Waals surface area (Å²) in [5.41, 5.74) is 3.06. The van der Waals surface area contributed by atoms with Gasteiger partial charge in [-0.2, -0.15) is 0 Å². The van der Waals surface area contributed by atoms with Gasteiger partial charge >= 0.3 is 0 Å². The molecule has 0 saturated carbocycles. The number of benzene rings is 2. The van der Waals surface area contributed by atoms with Gasteiger partial charge in [-0.15, -0.1) is 0 Å². The minimum Gasteiger partial charge on any atom is -0.504 e. The van der Waals surface area contributed by atoms with Crippen LogP contribution in [-0.2, 0) is 12.8 Å². The molecule has 2 aromatic rings. The molecule has 3 rings (SSSR count). The standard InChI is InChI=1S/C19H23NO5/c1-24-18-8-12(3-4-16(18)22)7-15-14-10-17(23)19(25-2)9-13(14)5-6-20(15)11-21/h3-4,8-10,15,21-23H,5-7,11H2,1-2H3. The van der Waals surface area contributed by atoms with Gasteiger partial charge in [0.05, 0.1) is 21.0 Å². The smallest absolute Gasteiger partial charge is 0.160 e. The fourth-order valence-electron chi connectivity index (χ4n) is 3.41. The monoisotopic (exact) mass is 345 g/mol. The number of aromatic hydroxyl groups is 2. The van der Waals surface area contributed by atoms with Crippen LogP contribution in [0.15, 0.2) is 30.3 Å². The van der Waals surface area contributed by atoms with Crippen molar-refractivity contribution in [3.05, 3.63) is 47.0 Å². The molecule has 0 amide bonds. The van der Waals surface area contributed by atoms with Crippen LogP contribution < -0.4 is 9.47 Å².